The molecule has 0 saturated heterocycles. The normalized spacial score (nSPS) is 17.6. The summed E-state index contributed by atoms with van der Waals surface area (Å²) in [5.41, 5.74) is 7.87. The third kappa shape index (κ3) is 6.91. The van der Waals surface area contributed by atoms with Crippen molar-refractivity contribution >= 4 is 50.1 Å². The Morgan fingerprint density at radius 2 is 1.81 bits per heavy atom. The van der Waals surface area contributed by atoms with Crippen LogP contribution in [0.3, 0.4) is 0 Å². The van der Waals surface area contributed by atoms with E-state index in [4.69, 9.17) is 22.3 Å². The van der Waals surface area contributed by atoms with Crippen LogP contribution in [0.2, 0.25) is 5.02 Å². The molecular formula is C36H33ClF4N8O3S. The molecule has 53 heavy (non-hydrogen) atoms. The molecular weight excluding hydrogens is 736 g/mol. The number of fused-ring (bicyclic) bond motifs is 4. The number of nitrogens with one attached hydrogen (secondary N) is 2. The van der Waals surface area contributed by atoms with Gasteiger partial charge in [-0.15, -0.1) is 0 Å². The molecule has 0 radical (unpaired) electrons. The average Bonchev–Trinajstić information content (AvgIpc) is 3.62. The number of alkyl halides is 2. The number of sulfonamides is 1. The highest BCUT2D eigenvalue weighted by Gasteiger charge is 2.66. The van der Waals surface area contributed by atoms with Crippen molar-refractivity contribution in [2.45, 2.75) is 51.1 Å². The van der Waals surface area contributed by atoms with Crippen molar-refractivity contribution in [3.63, 3.8) is 0 Å². The number of aryl methyl sites for hydroxylation is 1. The molecule has 0 bridgehead atoms. The van der Waals surface area contributed by atoms with Gasteiger partial charge >= 0.3 is 0 Å². The van der Waals surface area contributed by atoms with Gasteiger partial charge in [-0.05, 0) is 60.6 Å². The van der Waals surface area contributed by atoms with Crippen LogP contribution < -0.4 is 15.8 Å². The van der Waals surface area contributed by atoms with Gasteiger partial charge < -0.3 is 11.1 Å². The number of aromatic nitrogens is 5. The minimum absolute atomic E-state index is 0.0219. The van der Waals surface area contributed by atoms with Crippen LogP contribution in [-0.2, 0) is 40.8 Å². The van der Waals surface area contributed by atoms with E-state index in [1.54, 1.807) is 31.3 Å². The molecule has 17 heteroatoms. The van der Waals surface area contributed by atoms with Crippen molar-refractivity contribution < 1.29 is 30.8 Å². The maximum absolute atomic E-state index is 15.3. The molecule has 3 heterocycles. The Kier molecular flexibility index (Phi) is 8.93. The van der Waals surface area contributed by atoms with Crippen LogP contribution in [0.4, 0.5) is 29.2 Å². The maximum atomic E-state index is 15.3. The Balaban J connectivity index is 1.37. The van der Waals surface area contributed by atoms with E-state index in [9.17, 15) is 22.0 Å². The molecule has 3 unspecified atom stereocenters. The first-order valence-electron chi connectivity index (χ1n) is 16.6. The van der Waals surface area contributed by atoms with Crippen LogP contribution in [0.5, 0.6) is 0 Å². The molecule has 7 rings (SSSR count). The number of rotatable bonds is 9. The highest BCUT2D eigenvalue weighted by molar-refractivity contribution is 7.92. The molecule has 11 nitrogen and oxygen atoms in total. The van der Waals surface area contributed by atoms with E-state index in [0.29, 0.717) is 34.8 Å². The second-order valence-electron chi connectivity index (χ2n) is 13.7. The topological polar surface area (TPSA) is 150 Å². The van der Waals surface area contributed by atoms with E-state index >= 15 is 8.78 Å². The molecule has 2 aliphatic rings. The summed E-state index contributed by atoms with van der Waals surface area (Å²) < 4.78 is 88.7. The number of carbonyl (C=O) groups is 1. The number of anilines is 2. The number of nitrogen functional groups attached to an aromatic ring is 1. The van der Waals surface area contributed by atoms with Gasteiger partial charge in [0, 0.05) is 41.6 Å². The van der Waals surface area contributed by atoms with Gasteiger partial charge in [-0.1, -0.05) is 37.4 Å². The Hall–Kier alpha value is -5.14. The van der Waals surface area contributed by atoms with Crippen molar-refractivity contribution in [1.82, 2.24) is 29.9 Å². The molecule has 2 aromatic carbocycles. The van der Waals surface area contributed by atoms with Crippen molar-refractivity contribution in [2.75, 3.05) is 16.7 Å². The van der Waals surface area contributed by atoms with Gasteiger partial charge in [-0.3, -0.25) is 18.9 Å². The maximum Gasteiger partial charge on any atom is 0.293 e. The molecule has 1 fully saturated rings. The molecule has 3 atom stereocenters. The highest BCUT2D eigenvalue weighted by Crippen LogP contribution is 2.68. The van der Waals surface area contributed by atoms with Gasteiger partial charge in [0.25, 0.3) is 5.92 Å². The standard InChI is InChI=1S/C36H33ClF4N8O3S/c1-17(2)5-6-21-7-8-22(23-9-10-26(37)30-32(23)48(3)46-35(30)47-53(4,51)52)31(43-21)27(13-18-11-19(38)14-20(39)12-18)44-28(50)16-49-33-29(34(42)45-49)24-15-25(24)36(33,40)41/h7-12,14,17,24-25,27H,13,15-16H2,1-4H3,(H2,42,45)(H,44,50)(H,46,47). The molecule has 1 saturated carbocycles. The lowest BCUT2D eigenvalue weighted by Gasteiger charge is -2.23. The second-order valence-corrected chi connectivity index (χ2v) is 15.9. The number of halogens is 5. The Morgan fingerprint density at radius 1 is 1.11 bits per heavy atom. The number of carbonyl (C=O) groups excluding carboxylic acids is 1. The summed E-state index contributed by atoms with van der Waals surface area (Å²) in [4.78, 5) is 18.7. The summed E-state index contributed by atoms with van der Waals surface area (Å²) in [6.07, 6.45) is 1.08. The van der Waals surface area contributed by atoms with Gasteiger partial charge in [0.2, 0.25) is 15.9 Å². The van der Waals surface area contributed by atoms with Crippen molar-refractivity contribution in [3.8, 4) is 23.0 Å². The molecule has 4 N–H and O–H groups in total. The lowest BCUT2D eigenvalue weighted by molar-refractivity contribution is -0.122. The average molecular weight is 769 g/mol. The van der Waals surface area contributed by atoms with E-state index < -0.39 is 63.6 Å². The van der Waals surface area contributed by atoms with Crippen molar-refractivity contribution in [2.24, 2.45) is 18.9 Å². The van der Waals surface area contributed by atoms with E-state index in [1.165, 1.54) is 4.68 Å². The van der Waals surface area contributed by atoms with Gasteiger partial charge in [0.1, 0.15) is 35.4 Å². The first-order valence-corrected chi connectivity index (χ1v) is 18.8. The van der Waals surface area contributed by atoms with Crippen LogP contribution in [0.1, 0.15) is 60.4 Å². The number of nitrogens with zero attached hydrogens (tertiary/aromatic N) is 5. The molecule has 2 aliphatic carbocycles. The molecule has 276 valence electrons. The number of pyridine rings is 1. The number of benzene rings is 2. The third-order valence-electron chi connectivity index (χ3n) is 9.20. The Morgan fingerprint density at radius 3 is 2.49 bits per heavy atom. The van der Waals surface area contributed by atoms with Gasteiger partial charge in [0.15, 0.2) is 5.82 Å². The predicted octanol–water partition coefficient (Wildman–Crippen LogP) is 6.03. The quantitative estimate of drug-likeness (QED) is 0.122. The molecule has 0 spiro atoms. The van der Waals surface area contributed by atoms with Crippen LogP contribution >= 0.6 is 11.6 Å². The first kappa shape index (κ1) is 36.2. The van der Waals surface area contributed by atoms with E-state index in [0.717, 1.165) is 23.1 Å². The monoisotopic (exact) mass is 768 g/mol. The fourth-order valence-electron chi connectivity index (χ4n) is 7.07. The second kappa shape index (κ2) is 13.1. The summed E-state index contributed by atoms with van der Waals surface area (Å²) in [7, 11) is -2.17. The zero-order chi connectivity index (χ0) is 38.1. The summed E-state index contributed by atoms with van der Waals surface area (Å²) in [6, 6.07) is 8.39. The Bertz CT molecular complexity index is 2490. The minimum Gasteiger partial charge on any atom is -0.382 e. The predicted molar refractivity (Wildman–Crippen MR) is 191 cm³/mol. The van der Waals surface area contributed by atoms with Crippen molar-refractivity contribution in [1.29, 1.82) is 0 Å². The number of hydrogen-bond donors (Lipinski definition) is 3. The van der Waals surface area contributed by atoms with E-state index in [-0.39, 0.29) is 51.2 Å². The van der Waals surface area contributed by atoms with Gasteiger partial charge in [-0.2, -0.15) is 19.0 Å². The first-order chi connectivity index (χ1) is 24.9. The van der Waals surface area contributed by atoms with Crippen molar-refractivity contribution in [3.05, 3.63) is 87.3 Å². The molecule has 5 aromatic rings. The fraction of sp³-hybridized carbons (Fsp3) is 0.333. The molecule has 3 aromatic heterocycles. The number of nitrogens with two attached hydrogens (primary N) is 1. The van der Waals surface area contributed by atoms with Gasteiger partial charge in [-0.25, -0.2) is 22.2 Å². The Labute approximate surface area is 307 Å². The SMILES string of the molecule is CC(C)C#Cc1ccc(-c2ccc(Cl)c3c(NS(C)(=O)=O)nn(C)c23)c(C(Cc2cc(F)cc(F)c2)NC(=O)Cn2nc(N)c3c2C(F)(F)C2CC32)n1. The zero-order valence-electron chi connectivity index (χ0n) is 28.8. The summed E-state index contributed by atoms with van der Waals surface area (Å²) in [5, 5.41) is 11.8. The van der Waals surface area contributed by atoms with E-state index in [1.807, 2.05) is 13.8 Å². The summed E-state index contributed by atoms with van der Waals surface area (Å²) >= 11 is 6.60. The molecule has 0 aliphatic heterocycles. The largest absolute Gasteiger partial charge is 0.382 e. The van der Waals surface area contributed by atoms with Crippen LogP contribution in [0.25, 0.3) is 22.0 Å². The van der Waals surface area contributed by atoms with E-state index in [2.05, 4.69) is 32.1 Å². The number of amides is 1. The summed E-state index contributed by atoms with van der Waals surface area (Å²) in [6.45, 7) is 3.16. The smallest absolute Gasteiger partial charge is 0.293 e. The lowest BCUT2D eigenvalue weighted by atomic mass is 9.93. The zero-order valence-corrected chi connectivity index (χ0v) is 30.4. The van der Waals surface area contributed by atoms with Crippen LogP contribution in [0, 0.1) is 35.3 Å². The fourth-order valence-corrected chi connectivity index (χ4v) is 7.81. The van der Waals surface area contributed by atoms with Gasteiger partial charge in [0.05, 0.1) is 33.9 Å². The molecule has 1 amide bonds. The highest BCUT2D eigenvalue weighted by atomic mass is 35.5. The number of hydrogen-bond acceptors (Lipinski definition) is 7. The lowest BCUT2D eigenvalue weighted by Crippen LogP contribution is -2.35. The third-order valence-corrected chi connectivity index (χ3v) is 10.1. The summed E-state index contributed by atoms with van der Waals surface area (Å²) in [5.74, 6) is -1.01. The minimum atomic E-state index is -3.76. The van der Waals surface area contributed by atoms with Crippen LogP contribution in [-0.4, -0.2) is 45.1 Å². The van der Waals surface area contributed by atoms with Crippen LogP contribution in [0.15, 0.2) is 42.5 Å².